The van der Waals surface area contributed by atoms with E-state index in [0.717, 1.165) is 29.8 Å². The van der Waals surface area contributed by atoms with Crippen LogP contribution in [0.2, 0.25) is 0 Å². The third kappa shape index (κ3) is 2.55. The van der Waals surface area contributed by atoms with Crippen LogP contribution < -0.4 is 4.90 Å². The van der Waals surface area contributed by atoms with E-state index in [0.29, 0.717) is 6.54 Å². The summed E-state index contributed by atoms with van der Waals surface area (Å²) in [5.74, 6) is 0.752. The summed E-state index contributed by atoms with van der Waals surface area (Å²) >= 11 is 0. The molecule has 3 rings (SSSR count). The lowest BCUT2D eigenvalue weighted by atomic mass is 9.95. The first-order valence-corrected chi connectivity index (χ1v) is 7.65. The first kappa shape index (κ1) is 15.2. The topological polar surface area (TPSA) is 87.3 Å². The highest BCUT2D eigenvalue weighted by Gasteiger charge is 2.29. The largest absolute Gasteiger partial charge is 0.396 e. The van der Waals surface area contributed by atoms with E-state index < -0.39 is 6.10 Å². The Hall–Kier alpha value is -1.73. The lowest BCUT2D eigenvalue weighted by Crippen LogP contribution is -2.45. The quantitative estimate of drug-likeness (QED) is 0.852. The summed E-state index contributed by atoms with van der Waals surface area (Å²) in [6.45, 7) is 7.50. The van der Waals surface area contributed by atoms with Crippen molar-refractivity contribution in [3.05, 3.63) is 12.5 Å². The fraction of sp³-hybridized carbons (Fsp3) is 0.667. The van der Waals surface area contributed by atoms with Crippen molar-refractivity contribution in [3.63, 3.8) is 0 Å². The smallest absolute Gasteiger partial charge is 0.163 e. The molecular formula is C15H23N5O2. The van der Waals surface area contributed by atoms with Gasteiger partial charge in [-0.25, -0.2) is 14.6 Å². The second-order valence-electron chi connectivity index (χ2n) is 6.91. The molecule has 0 amide bonds. The monoisotopic (exact) mass is 305 g/mol. The minimum absolute atomic E-state index is 0.0240. The molecule has 0 aromatic carbocycles. The molecule has 2 N–H and O–H groups in total. The summed E-state index contributed by atoms with van der Waals surface area (Å²) in [4.78, 5) is 10.8. The summed E-state index contributed by atoms with van der Waals surface area (Å²) in [7, 11) is 0. The maximum absolute atomic E-state index is 10.1. The van der Waals surface area contributed by atoms with Crippen LogP contribution in [0, 0.1) is 5.92 Å². The lowest BCUT2D eigenvalue weighted by molar-refractivity contribution is 0.0547. The van der Waals surface area contributed by atoms with Crippen molar-refractivity contribution in [1.82, 2.24) is 19.7 Å². The lowest BCUT2D eigenvalue weighted by Gasteiger charge is -2.35. The van der Waals surface area contributed by atoms with Crippen molar-refractivity contribution in [2.75, 3.05) is 24.6 Å². The molecule has 1 aliphatic rings. The highest BCUT2D eigenvalue weighted by molar-refractivity contribution is 5.86. The average Bonchev–Trinajstić information content (AvgIpc) is 2.91. The van der Waals surface area contributed by atoms with Gasteiger partial charge in [0.2, 0.25) is 0 Å². The zero-order chi connectivity index (χ0) is 15.9. The molecule has 1 aliphatic heterocycles. The number of nitrogens with zero attached hydrogens (tertiary/aromatic N) is 5. The zero-order valence-corrected chi connectivity index (χ0v) is 13.3. The standard InChI is InChI=1S/C15H23N5O2/c1-15(2,3)20-14-11(6-18-20)13(16-9-17-14)19-5-4-10(8-21)12(22)7-19/h6,9-10,12,21-22H,4-5,7-8H2,1-3H3/t10-,12+/m0/s1. The van der Waals surface area contributed by atoms with Gasteiger partial charge in [-0.15, -0.1) is 0 Å². The number of fused-ring (bicyclic) bond motifs is 1. The number of rotatable bonds is 2. The molecule has 0 aliphatic carbocycles. The Balaban J connectivity index is 1.97. The molecule has 2 aromatic rings. The van der Waals surface area contributed by atoms with Crippen LogP contribution in [0.15, 0.2) is 12.5 Å². The highest BCUT2D eigenvalue weighted by Crippen LogP contribution is 2.29. The van der Waals surface area contributed by atoms with Crippen LogP contribution in [0.3, 0.4) is 0 Å². The normalized spacial score (nSPS) is 23.2. The Morgan fingerprint density at radius 2 is 2.09 bits per heavy atom. The van der Waals surface area contributed by atoms with E-state index >= 15 is 0 Å². The van der Waals surface area contributed by atoms with E-state index in [1.807, 2.05) is 4.68 Å². The summed E-state index contributed by atoms with van der Waals surface area (Å²) in [6, 6.07) is 0. The Bertz CT molecular complexity index is 663. The van der Waals surface area contributed by atoms with E-state index in [2.05, 4.69) is 40.7 Å². The zero-order valence-electron chi connectivity index (χ0n) is 13.3. The van der Waals surface area contributed by atoms with Gasteiger partial charge in [0.1, 0.15) is 12.1 Å². The van der Waals surface area contributed by atoms with Gasteiger partial charge in [0.25, 0.3) is 0 Å². The molecule has 7 heteroatoms. The van der Waals surface area contributed by atoms with Gasteiger partial charge in [-0.3, -0.25) is 0 Å². The molecule has 2 atom stereocenters. The third-order valence-corrected chi connectivity index (χ3v) is 4.24. The predicted molar refractivity (Wildman–Crippen MR) is 83.7 cm³/mol. The molecule has 0 radical (unpaired) electrons. The van der Waals surface area contributed by atoms with Gasteiger partial charge < -0.3 is 15.1 Å². The number of hydrogen-bond acceptors (Lipinski definition) is 6. The minimum Gasteiger partial charge on any atom is -0.396 e. The summed E-state index contributed by atoms with van der Waals surface area (Å²) < 4.78 is 1.89. The van der Waals surface area contributed by atoms with Crippen molar-refractivity contribution in [2.24, 2.45) is 5.92 Å². The van der Waals surface area contributed by atoms with E-state index in [1.165, 1.54) is 0 Å². The molecule has 2 aromatic heterocycles. The molecule has 22 heavy (non-hydrogen) atoms. The molecule has 0 unspecified atom stereocenters. The second kappa shape index (κ2) is 5.48. The van der Waals surface area contributed by atoms with Crippen molar-refractivity contribution >= 4 is 16.9 Å². The van der Waals surface area contributed by atoms with Gasteiger partial charge >= 0.3 is 0 Å². The van der Waals surface area contributed by atoms with Crippen molar-refractivity contribution < 1.29 is 10.2 Å². The van der Waals surface area contributed by atoms with Crippen molar-refractivity contribution in [3.8, 4) is 0 Å². The van der Waals surface area contributed by atoms with Crippen LogP contribution >= 0.6 is 0 Å². The van der Waals surface area contributed by atoms with E-state index in [1.54, 1.807) is 12.5 Å². The average molecular weight is 305 g/mol. The third-order valence-electron chi connectivity index (χ3n) is 4.24. The van der Waals surface area contributed by atoms with E-state index in [-0.39, 0.29) is 18.1 Å². The Labute approximate surface area is 129 Å². The van der Waals surface area contributed by atoms with Gasteiger partial charge in [0.05, 0.1) is 23.2 Å². The minimum atomic E-state index is -0.540. The second-order valence-corrected chi connectivity index (χ2v) is 6.91. The molecule has 1 fully saturated rings. The number of hydrogen-bond donors (Lipinski definition) is 2. The van der Waals surface area contributed by atoms with Crippen LogP contribution in [0.25, 0.3) is 11.0 Å². The van der Waals surface area contributed by atoms with Gasteiger partial charge in [0.15, 0.2) is 5.65 Å². The molecule has 0 spiro atoms. The van der Waals surface area contributed by atoms with E-state index in [4.69, 9.17) is 0 Å². The predicted octanol–water partition coefficient (Wildman–Crippen LogP) is 0.761. The molecular weight excluding hydrogens is 282 g/mol. The molecule has 0 bridgehead atoms. The van der Waals surface area contributed by atoms with Gasteiger partial charge in [0, 0.05) is 25.6 Å². The Morgan fingerprint density at radius 1 is 1.32 bits per heavy atom. The number of piperidine rings is 1. The molecule has 3 heterocycles. The molecule has 120 valence electrons. The van der Waals surface area contributed by atoms with Crippen LogP contribution in [0.1, 0.15) is 27.2 Å². The number of anilines is 1. The number of aromatic nitrogens is 4. The summed E-state index contributed by atoms with van der Waals surface area (Å²) in [6.07, 6.45) is 3.55. The number of aliphatic hydroxyl groups is 2. The summed E-state index contributed by atoms with van der Waals surface area (Å²) in [5.41, 5.74) is 0.646. The Kier molecular flexibility index (Phi) is 3.78. The Morgan fingerprint density at radius 3 is 2.73 bits per heavy atom. The summed E-state index contributed by atoms with van der Waals surface area (Å²) in [5, 5.41) is 24.8. The van der Waals surface area contributed by atoms with Gasteiger partial charge in [-0.1, -0.05) is 0 Å². The first-order valence-electron chi connectivity index (χ1n) is 7.65. The van der Waals surface area contributed by atoms with Crippen molar-refractivity contribution in [2.45, 2.75) is 38.8 Å². The first-order chi connectivity index (χ1) is 10.4. The maximum atomic E-state index is 10.1. The highest BCUT2D eigenvalue weighted by atomic mass is 16.3. The van der Waals surface area contributed by atoms with Crippen LogP contribution in [0.4, 0.5) is 5.82 Å². The fourth-order valence-corrected chi connectivity index (χ4v) is 2.96. The number of aliphatic hydroxyl groups excluding tert-OH is 2. The SMILES string of the molecule is CC(C)(C)n1ncc2c(N3CC[C@@H](CO)[C@H](O)C3)ncnc21. The van der Waals surface area contributed by atoms with Crippen LogP contribution in [-0.4, -0.2) is 55.8 Å². The molecule has 0 saturated carbocycles. The fourth-order valence-electron chi connectivity index (χ4n) is 2.96. The molecule has 1 saturated heterocycles. The maximum Gasteiger partial charge on any atom is 0.163 e. The van der Waals surface area contributed by atoms with Crippen LogP contribution in [0.5, 0.6) is 0 Å². The van der Waals surface area contributed by atoms with Gasteiger partial charge in [-0.2, -0.15) is 5.10 Å². The molecule has 7 nitrogen and oxygen atoms in total. The van der Waals surface area contributed by atoms with Crippen molar-refractivity contribution in [1.29, 1.82) is 0 Å². The number of β-amino-alcohol motifs (C(OH)–C–C–N with tert-alkyl or cyclic N) is 1. The van der Waals surface area contributed by atoms with Gasteiger partial charge in [-0.05, 0) is 27.2 Å². The van der Waals surface area contributed by atoms with Crippen LogP contribution in [-0.2, 0) is 5.54 Å². The van der Waals surface area contributed by atoms with E-state index in [9.17, 15) is 10.2 Å².